The molecule has 7 heteroatoms. The molecule has 2 N–H and O–H groups in total. The normalized spacial score (nSPS) is 18.1. The van der Waals surface area contributed by atoms with Crippen molar-refractivity contribution in [2.45, 2.75) is 31.8 Å². The zero-order valence-corrected chi connectivity index (χ0v) is 18.9. The lowest BCUT2D eigenvalue weighted by molar-refractivity contribution is -0.139. The highest BCUT2D eigenvalue weighted by molar-refractivity contribution is 6.07. The predicted octanol–water partition coefficient (Wildman–Crippen LogP) is 3.25. The van der Waals surface area contributed by atoms with Crippen molar-refractivity contribution >= 4 is 28.6 Å². The van der Waals surface area contributed by atoms with E-state index in [1.807, 2.05) is 60.5 Å². The number of hydrogen-bond donors (Lipinski definition) is 2. The van der Waals surface area contributed by atoms with E-state index >= 15 is 0 Å². The maximum Gasteiger partial charge on any atom is 0.344 e. The molecule has 3 aromatic rings. The average molecular weight is 445 g/mol. The topological polar surface area (TPSA) is 81.8 Å². The lowest BCUT2D eigenvalue weighted by Crippen LogP contribution is -2.51. The van der Waals surface area contributed by atoms with E-state index in [4.69, 9.17) is 0 Å². The van der Waals surface area contributed by atoms with Crippen LogP contribution in [0.2, 0.25) is 0 Å². The molecule has 170 valence electrons. The minimum Gasteiger partial charge on any atom is -0.322 e. The number of likely N-dealkylation sites (N-methyl/N-ethyl adjacent to an activating group) is 1. The summed E-state index contributed by atoms with van der Waals surface area (Å²) in [6.07, 6.45) is 1.08. The van der Waals surface area contributed by atoms with E-state index in [9.17, 15) is 14.4 Å². The second-order valence-corrected chi connectivity index (χ2v) is 8.78. The number of urea groups is 1. The number of fused-ring (bicyclic) bond motifs is 1. The molecule has 0 bridgehead atoms. The first-order valence-electron chi connectivity index (χ1n) is 11.0. The van der Waals surface area contributed by atoms with E-state index in [1.54, 1.807) is 6.92 Å². The molecule has 1 unspecified atom stereocenters. The Balaban J connectivity index is 1.32. The van der Waals surface area contributed by atoms with Gasteiger partial charge in [0.25, 0.3) is 11.8 Å². The van der Waals surface area contributed by atoms with Gasteiger partial charge >= 0.3 is 6.03 Å². The number of hydrazine groups is 1. The number of imide groups is 1. The molecule has 1 atom stereocenters. The number of nitrogens with one attached hydrogen (secondary N) is 2. The Morgan fingerprint density at radius 2 is 1.67 bits per heavy atom. The van der Waals surface area contributed by atoms with Gasteiger partial charge in [-0.2, -0.15) is 5.01 Å². The van der Waals surface area contributed by atoms with Crippen LogP contribution in [-0.4, -0.2) is 46.9 Å². The second kappa shape index (κ2) is 9.42. The van der Waals surface area contributed by atoms with Gasteiger partial charge in [-0.05, 0) is 54.8 Å². The van der Waals surface area contributed by atoms with E-state index in [-0.39, 0.29) is 6.54 Å². The minimum atomic E-state index is -1.06. The predicted molar refractivity (Wildman–Crippen MR) is 127 cm³/mol. The van der Waals surface area contributed by atoms with Gasteiger partial charge in [-0.3, -0.25) is 19.9 Å². The molecular weight excluding hydrogens is 416 g/mol. The molecule has 0 saturated carbocycles. The zero-order valence-electron chi connectivity index (χ0n) is 18.9. The Hall–Kier alpha value is -3.71. The largest absolute Gasteiger partial charge is 0.344 e. The number of carbonyl (C=O) groups is 3. The molecule has 1 aliphatic heterocycles. The van der Waals surface area contributed by atoms with Crippen LogP contribution in [-0.2, 0) is 22.6 Å². The van der Waals surface area contributed by atoms with Crippen molar-refractivity contribution in [3.63, 3.8) is 0 Å². The van der Waals surface area contributed by atoms with Crippen molar-refractivity contribution in [2.24, 2.45) is 0 Å². The van der Waals surface area contributed by atoms with Crippen molar-refractivity contribution in [2.75, 3.05) is 13.6 Å². The van der Waals surface area contributed by atoms with Crippen molar-refractivity contribution in [1.82, 2.24) is 20.7 Å². The molecule has 4 rings (SSSR count). The molecule has 1 fully saturated rings. The van der Waals surface area contributed by atoms with Gasteiger partial charge in [-0.1, -0.05) is 66.7 Å². The molecule has 0 radical (unpaired) electrons. The molecule has 1 heterocycles. The SMILES string of the molecule is CN(CC(=O)NN1C(=O)NC(C)(CCc2ccccc2)C1=O)Cc1ccc2ccccc2c1. The number of amides is 4. The lowest BCUT2D eigenvalue weighted by atomic mass is 9.93. The highest BCUT2D eigenvalue weighted by atomic mass is 16.2. The molecule has 3 aromatic carbocycles. The van der Waals surface area contributed by atoms with Gasteiger partial charge < -0.3 is 5.32 Å². The van der Waals surface area contributed by atoms with Crippen LogP contribution in [0.1, 0.15) is 24.5 Å². The van der Waals surface area contributed by atoms with Crippen molar-refractivity contribution in [3.05, 3.63) is 83.9 Å². The first-order valence-corrected chi connectivity index (χ1v) is 11.0. The molecule has 0 spiro atoms. The van der Waals surface area contributed by atoms with Gasteiger partial charge in [0.1, 0.15) is 5.54 Å². The Bertz CT molecular complexity index is 1180. The van der Waals surface area contributed by atoms with Gasteiger partial charge in [-0.25, -0.2) is 4.79 Å². The molecule has 33 heavy (non-hydrogen) atoms. The quantitative estimate of drug-likeness (QED) is 0.523. The standard InChI is InChI=1S/C26H28N4O3/c1-26(15-14-19-8-4-3-5-9-19)24(32)30(25(33)27-26)28-23(31)18-29(2)17-20-12-13-21-10-6-7-11-22(21)16-20/h3-13,16H,14-15,17-18H2,1-2H3,(H,27,33)(H,28,31). The summed E-state index contributed by atoms with van der Waals surface area (Å²) < 4.78 is 0. The number of hydrogen-bond acceptors (Lipinski definition) is 4. The number of aryl methyl sites for hydroxylation is 1. The summed E-state index contributed by atoms with van der Waals surface area (Å²) in [7, 11) is 1.82. The maximum absolute atomic E-state index is 12.9. The fourth-order valence-electron chi connectivity index (χ4n) is 4.10. The zero-order chi connectivity index (χ0) is 23.4. The lowest BCUT2D eigenvalue weighted by Gasteiger charge is -2.22. The summed E-state index contributed by atoms with van der Waals surface area (Å²) in [6, 6.07) is 23.5. The first kappa shape index (κ1) is 22.5. The third-order valence-corrected chi connectivity index (χ3v) is 5.93. The van der Waals surface area contributed by atoms with Gasteiger partial charge in [0, 0.05) is 6.54 Å². The Labute approximate surface area is 193 Å². The third kappa shape index (κ3) is 5.21. The molecule has 4 amide bonds. The van der Waals surface area contributed by atoms with Crippen molar-refractivity contribution in [1.29, 1.82) is 0 Å². The number of rotatable bonds is 8. The number of benzene rings is 3. The van der Waals surface area contributed by atoms with Gasteiger partial charge in [0.15, 0.2) is 0 Å². The van der Waals surface area contributed by atoms with Crippen LogP contribution in [0.4, 0.5) is 4.79 Å². The third-order valence-electron chi connectivity index (χ3n) is 5.93. The highest BCUT2D eigenvalue weighted by Gasteiger charge is 2.48. The van der Waals surface area contributed by atoms with E-state index in [0.717, 1.165) is 26.9 Å². The van der Waals surface area contributed by atoms with Gasteiger partial charge in [0.05, 0.1) is 6.54 Å². The summed E-state index contributed by atoms with van der Waals surface area (Å²) in [5.74, 6) is -0.872. The minimum absolute atomic E-state index is 0.0462. The maximum atomic E-state index is 12.9. The van der Waals surface area contributed by atoms with E-state index in [0.29, 0.717) is 19.4 Å². The summed E-state index contributed by atoms with van der Waals surface area (Å²) in [5.41, 5.74) is 3.57. The smallest absolute Gasteiger partial charge is 0.322 e. The van der Waals surface area contributed by atoms with Crippen LogP contribution in [0.3, 0.4) is 0 Å². The second-order valence-electron chi connectivity index (χ2n) is 8.78. The molecule has 1 aliphatic rings. The highest BCUT2D eigenvalue weighted by Crippen LogP contribution is 2.22. The van der Waals surface area contributed by atoms with Gasteiger partial charge in [0.2, 0.25) is 0 Å². The van der Waals surface area contributed by atoms with E-state index in [2.05, 4.69) is 35.0 Å². The number of nitrogens with zero attached hydrogens (tertiary/aromatic N) is 2. The average Bonchev–Trinajstić information content (AvgIpc) is 3.01. The van der Waals surface area contributed by atoms with Crippen LogP contribution in [0.15, 0.2) is 72.8 Å². The van der Waals surface area contributed by atoms with Crippen molar-refractivity contribution in [3.8, 4) is 0 Å². The van der Waals surface area contributed by atoms with Crippen molar-refractivity contribution < 1.29 is 14.4 Å². The summed E-state index contributed by atoms with van der Waals surface area (Å²) in [6.45, 7) is 2.30. The van der Waals surface area contributed by atoms with Crippen LogP contribution in [0.5, 0.6) is 0 Å². The Morgan fingerprint density at radius 3 is 2.42 bits per heavy atom. The van der Waals surface area contributed by atoms with Crippen LogP contribution in [0.25, 0.3) is 10.8 Å². The molecule has 1 saturated heterocycles. The Morgan fingerprint density at radius 1 is 0.970 bits per heavy atom. The van der Waals surface area contributed by atoms with Crippen LogP contribution >= 0.6 is 0 Å². The number of carbonyl (C=O) groups excluding carboxylic acids is 3. The monoisotopic (exact) mass is 444 g/mol. The summed E-state index contributed by atoms with van der Waals surface area (Å²) in [4.78, 5) is 39.7. The van der Waals surface area contributed by atoms with Crippen LogP contribution in [0, 0.1) is 0 Å². The summed E-state index contributed by atoms with van der Waals surface area (Å²) in [5, 5.41) is 5.83. The molecular formula is C26H28N4O3. The molecule has 0 aliphatic carbocycles. The first-order chi connectivity index (χ1) is 15.8. The summed E-state index contributed by atoms with van der Waals surface area (Å²) >= 11 is 0. The molecule has 7 nitrogen and oxygen atoms in total. The van der Waals surface area contributed by atoms with E-state index in [1.165, 1.54) is 0 Å². The fourth-order valence-corrected chi connectivity index (χ4v) is 4.10. The molecule has 0 aromatic heterocycles. The van der Waals surface area contributed by atoms with E-state index < -0.39 is 23.4 Å². The van der Waals surface area contributed by atoms with Crippen LogP contribution < -0.4 is 10.7 Å². The fraction of sp³-hybridized carbons (Fsp3) is 0.269. The Kier molecular flexibility index (Phi) is 6.42. The van der Waals surface area contributed by atoms with Gasteiger partial charge in [-0.15, -0.1) is 0 Å².